The molecule has 22 heavy (non-hydrogen) atoms. The molecule has 0 saturated heterocycles. The van der Waals surface area contributed by atoms with Crippen LogP contribution in [-0.4, -0.2) is 15.0 Å². The Labute approximate surface area is 132 Å². The minimum atomic E-state index is -0.534. The van der Waals surface area contributed by atoms with Crippen molar-refractivity contribution in [2.75, 3.05) is 0 Å². The van der Waals surface area contributed by atoms with Crippen molar-refractivity contribution in [3.63, 3.8) is 0 Å². The maximum atomic E-state index is 12.1. The second-order valence-corrected chi connectivity index (χ2v) is 5.34. The number of hydrogen-bond donors (Lipinski definition) is 1. The first-order valence-electron chi connectivity index (χ1n) is 6.70. The molecule has 0 fully saturated rings. The highest BCUT2D eigenvalue weighted by Crippen LogP contribution is 2.21. The van der Waals surface area contributed by atoms with Gasteiger partial charge in [-0.3, -0.25) is 18.7 Å². The number of benzene rings is 1. The van der Waals surface area contributed by atoms with Gasteiger partial charge in [0.15, 0.2) is 0 Å². The van der Waals surface area contributed by atoms with E-state index in [0.29, 0.717) is 5.02 Å². The maximum absolute atomic E-state index is 12.1. The Balaban J connectivity index is 2.11. The fourth-order valence-corrected chi connectivity index (χ4v) is 2.38. The van der Waals surface area contributed by atoms with E-state index < -0.39 is 11.2 Å². The first kappa shape index (κ1) is 16.0. The topological polar surface area (TPSA) is 73.1 Å². The fourth-order valence-electron chi connectivity index (χ4n) is 2.08. The van der Waals surface area contributed by atoms with Crippen molar-refractivity contribution in [1.82, 2.24) is 14.5 Å². The summed E-state index contributed by atoms with van der Waals surface area (Å²) in [6.07, 6.45) is 1.31. The number of nitrogens with zero attached hydrogens (tertiary/aromatic N) is 2. The third-order valence-corrected chi connectivity index (χ3v) is 3.67. The monoisotopic (exact) mass is 321 g/mol. The van der Waals surface area contributed by atoms with Crippen LogP contribution in [0.5, 0.6) is 0 Å². The number of carbonyl (C=O) groups excluding carboxylic acids is 1. The van der Waals surface area contributed by atoms with Crippen LogP contribution in [0.3, 0.4) is 0 Å². The lowest BCUT2D eigenvalue weighted by Gasteiger charge is -2.16. The van der Waals surface area contributed by atoms with E-state index in [1.807, 2.05) is 25.1 Å². The van der Waals surface area contributed by atoms with Gasteiger partial charge in [-0.1, -0.05) is 29.8 Å². The SMILES string of the molecule is CC(NC(=O)Cn1ccc(=O)n(C)c1=O)c1ccccc1Cl. The molecule has 2 aromatic rings. The minimum Gasteiger partial charge on any atom is -0.348 e. The second-order valence-electron chi connectivity index (χ2n) is 4.93. The fraction of sp³-hybridized carbons (Fsp3) is 0.267. The number of hydrogen-bond acceptors (Lipinski definition) is 3. The van der Waals surface area contributed by atoms with Crippen molar-refractivity contribution >= 4 is 17.5 Å². The molecule has 116 valence electrons. The van der Waals surface area contributed by atoms with Crippen LogP contribution in [0, 0.1) is 0 Å². The highest BCUT2D eigenvalue weighted by molar-refractivity contribution is 6.31. The van der Waals surface area contributed by atoms with E-state index in [1.54, 1.807) is 6.07 Å². The molecule has 1 unspecified atom stereocenters. The summed E-state index contributed by atoms with van der Waals surface area (Å²) in [6, 6.07) is 8.17. The maximum Gasteiger partial charge on any atom is 0.331 e. The lowest BCUT2D eigenvalue weighted by molar-refractivity contribution is -0.122. The van der Waals surface area contributed by atoms with Gasteiger partial charge in [-0.15, -0.1) is 0 Å². The van der Waals surface area contributed by atoms with Gasteiger partial charge in [-0.05, 0) is 18.6 Å². The molecule has 0 aliphatic carbocycles. The van der Waals surface area contributed by atoms with Gasteiger partial charge in [0.05, 0.1) is 6.04 Å². The van der Waals surface area contributed by atoms with E-state index in [9.17, 15) is 14.4 Å². The van der Waals surface area contributed by atoms with Gasteiger partial charge in [0.25, 0.3) is 5.56 Å². The number of rotatable bonds is 4. The Hall–Kier alpha value is -2.34. The molecule has 1 N–H and O–H groups in total. The summed E-state index contributed by atoms with van der Waals surface area (Å²) in [4.78, 5) is 35.2. The van der Waals surface area contributed by atoms with Crippen LogP contribution in [0.25, 0.3) is 0 Å². The van der Waals surface area contributed by atoms with E-state index in [4.69, 9.17) is 11.6 Å². The summed E-state index contributed by atoms with van der Waals surface area (Å²) in [5.74, 6) is -0.340. The van der Waals surface area contributed by atoms with Gasteiger partial charge in [0.2, 0.25) is 5.91 Å². The summed E-state index contributed by atoms with van der Waals surface area (Å²) >= 11 is 6.08. The lowest BCUT2D eigenvalue weighted by Crippen LogP contribution is -2.40. The summed E-state index contributed by atoms with van der Waals surface area (Å²) in [7, 11) is 1.37. The van der Waals surface area contributed by atoms with Crippen LogP contribution in [0.15, 0.2) is 46.1 Å². The second kappa shape index (κ2) is 6.62. The van der Waals surface area contributed by atoms with Gasteiger partial charge >= 0.3 is 5.69 Å². The smallest absolute Gasteiger partial charge is 0.331 e. The molecular formula is C15H16ClN3O3. The van der Waals surface area contributed by atoms with Crippen molar-refractivity contribution < 1.29 is 4.79 Å². The molecule has 0 radical (unpaired) electrons. The number of halogens is 1. The molecule has 0 aliphatic heterocycles. The van der Waals surface area contributed by atoms with E-state index in [2.05, 4.69) is 5.32 Å². The Bertz CT molecular complexity index is 810. The van der Waals surface area contributed by atoms with Gasteiger partial charge in [-0.2, -0.15) is 0 Å². The van der Waals surface area contributed by atoms with Crippen LogP contribution in [0.1, 0.15) is 18.5 Å². The molecule has 1 amide bonds. The Morgan fingerprint density at radius 3 is 2.64 bits per heavy atom. The van der Waals surface area contributed by atoms with Gasteiger partial charge in [0, 0.05) is 24.3 Å². The van der Waals surface area contributed by atoms with E-state index >= 15 is 0 Å². The number of carbonyl (C=O) groups is 1. The van der Waals surface area contributed by atoms with Gasteiger partial charge in [-0.25, -0.2) is 4.79 Å². The molecule has 0 aliphatic rings. The van der Waals surface area contributed by atoms with Crippen molar-refractivity contribution in [2.45, 2.75) is 19.5 Å². The van der Waals surface area contributed by atoms with E-state index in [-0.39, 0.29) is 18.5 Å². The molecule has 0 spiro atoms. The molecule has 1 aromatic heterocycles. The van der Waals surface area contributed by atoms with Crippen LogP contribution in [-0.2, 0) is 18.4 Å². The van der Waals surface area contributed by atoms with Crippen LogP contribution >= 0.6 is 11.6 Å². The predicted octanol–water partition coefficient (Wildman–Crippen LogP) is 1.08. The molecule has 1 aromatic carbocycles. The normalized spacial score (nSPS) is 12.0. The summed E-state index contributed by atoms with van der Waals surface area (Å²) < 4.78 is 2.13. The van der Waals surface area contributed by atoms with Crippen LogP contribution in [0.4, 0.5) is 0 Å². The molecule has 1 atom stereocenters. The molecular weight excluding hydrogens is 306 g/mol. The van der Waals surface area contributed by atoms with Gasteiger partial charge in [0.1, 0.15) is 6.54 Å². The average Bonchev–Trinajstić information content (AvgIpc) is 2.48. The van der Waals surface area contributed by atoms with Crippen molar-refractivity contribution in [3.8, 4) is 0 Å². The minimum absolute atomic E-state index is 0.165. The molecule has 6 nitrogen and oxygen atoms in total. The van der Waals surface area contributed by atoms with E-state index in [1.165, 1.54) is 23.9 Å². The molecule has 1 heterocycles. The zero-order chi connectivity index (χ0) is 16.3. The third-order valence-electron chi connectivity index (χ3n) is 3.32. The van der Waals surface area contributed by atoms with Crippen molar-refractivity contribution in [1.29, 1.82) is 0 Å². The van der Waals surface area contributed by atoms with Crippen LogP contribution < -0.4 is 16.6 Å². The van der Waals surface area contributed by atoms with Gasteiger partial charge < -0.3 is 5.32 Å². The molecule has 7 heteroatoms. The number of aromatic nitrogens is 2. The summed E-state index contributed by atoms with van der Waals surface area (Å²) in [6.45, 7) is 1.64. The molecule has 0 saturated carbocycles. The predicted molar refractivity (Wildman–Crippen MR) is 84.0 cm³/mol. The molecule has 0 bridgehead atoms. The van der Waals surface area contributed by atoms with Crippen molar-refractivity contribution in [3.05, 3.63) is 68.0 Å². The van der Waals surface area contributed by atoms with E-state index in [0.717, 1.165) is 10.1 Å². The zero-order valence-electron chi connectivity index (χ0n) is 12.2. The Kier molecular flexibility index (Phi) is 4.82. The zero-order valence-corrected chi connectivity index (χ0v) is 13.0. The first-order valence-corrected chi connectivity index (χ1v) is 7.08. The Morgan fingerprint density at radius 1 is 1.27 bits per heavy atom. The first-order chi connectivity index (χ1) is 10.4. The number of nitrogens with one attached hydrogen (secondary N) is 1. The molecule has 2 rings (SSSR count). The quantitative estimate of drug-likeness (QED) is 0.915. The lowest BCUT2D eigenvalue weighted by atomic mass is 10.1. The number of amides is 1. The third kappa shape index (κ3) is 3.46. The summed E-state index contributed by atoms with van der Waals surface area (Å²) in [5.41, 5.74) is -0.149. The summed E-state index contributed by atoms with van der Waals surface area (Å²) in [5, 5.41) is 3.34. The highest BCUT2D eigenvalue weighted by Gasteiger charge is 2.13. The standard InChI is InChI=1S/C15H16ClN3O3/c1-10(11-5-3-4-6-12(11)16)17-13(20)9-19-8-7-14(21)18(2)15(19)22/h3-8,10H,9H2,1-2H3,(H,17,20). The largest absolute Gasteiger partial charge is 0.348 e. The highest BCUT2D eigenvalue weighted by atomic mass is 35.5. The van der Waals surface area contributed by atoms with Crippen LogP contribution in [0.2, 0.25) is 5.02 Å². The average molecular weight is 322 g/mol. The van der Waals surface area contributed by atoms with Crippen molar-refractivity contribution in [2.24, 2.45) is 7.05 Å². The Morgan fingerprint density at radius 2 is 1.95 bits per heavy atom.